The fraction of sp³-hybridized carbons (Fsp3) is 0.391. The molecule has 158 valence electrons. The molecule has 2 heterocycles. The van der Waals surface area contributed by atoms with E-state index in [2.05, 4.69) is 4.98 Å². The van der Waals surface area contributed by atoms with Crippen LogP contribution in [-0.4, -0.2) is 40.8 Å². The van der Waals surface area contributed by atoms with E-state index in [0.29, 0.717) is 24.1 Å². The standard InChI is InChI=1S/C23H26N2O4S/c1-23(2,3)29-22(26)25-14-6-7-16(25)15-27-17-10-12-18(13-11-17)28-21-24-19-8-4-5-9-20(19)30-21/h4-5,8-13,16H,6-7,14-15H2,1-3H3. The number of likely N-dealkylation sites (tertiary alicyclic amines) is 1. The quantitative estimate of drug-likeness (QED) is 0.511. The molecular weight excluding hydrogens is 400 g/mol. The lowest BCUT2D eigenvalue weighted by Gasteiger charge is -2.28. The van der Waals surface area contributed by atoms with E-state index in [1.165, 1.54) is 11.3 Å². The van der Waals surface area contributed by atoms with Crippen molar-refractivity contribution in [1.29, 1.82) is 0 Å². The molecule has 30 heavy (non-hydrogen) atoms. The van der Waals surface area contributed by atoms with Gasteiger partial charge in [-0.2, -0.15) is 0 Å². The highest BCUT2D eigenvalue weighted by molar-refractivity contribution is 7.20. The van der Waals surface area contributed by atoms with Gasteiger partial charge in [-0.15, -0.1) is 0 Å². The van der Waals surface area contributed by atoms with E-state index in [1.807, 2.05) is 69.3 Å². The summed E-state index contributed by atoms with van der Waals surface area (Å²) in [6.45, 7) is 6.79. The largest absolute Gasteiger partial charge is 0.491 e. The monoisotopic (exact) mass is 426 g/mol. The molecule has 0 saturated carbocycles. The maximum absolute atomic E-state index is 12.4. The molecule has 1 amide bonds. The van der Waals surface area contributed by atoms with Gasteiger partial charge in [0.25, 0.3) is 5.19 Å². The van der Waals surface area contributed by atoms with Crippen LogP contribution in [0.1, 0.15) is 33.6 Å². The van der Waals surface area contributed by atoms with E-state index in [-0.39, 0.29) is 12.1 Å². The molecule has 1 atom stereocenters. The first-order chi connectivity index (χ1) is 14.4. The zero-order chi connectivity index (χ0) is 21.1. The van der Waals surface area contributed by atoms with Crippen LogP contribution < -0.4 is 9.47 Å². The predicted octanol–water partition coefficient (Wildman–Crippen LogP) is 5.87. The highest BCUT2D eigenvalue weighted by atomic mass is 32.1. The summed E-state index contributed by atoms with van der Waals surface area (Å²) in [7, 11) is 0. The number of carbonyl (C=O) groups is 1. The van der Waals surface area contributed by atoms with Gasteiger partial charge in [0.15, 0.2) is 0 Å². The lowest BCUT2D eigenvalue weighted by Crippen LogP contribution is -2.42. The van der Waals surface area contributed by atoms with E-state index in [4.69, 9.17) is 14.2 Å². The smallest absolute Gasteiger partial charge is 0.410 e. The van der Waals surface area contributed by atoms with Crippen molar-refractivity contribution in [2.24, 2.45) is 0 Å². The third kappa shape index (κ3) is 5.02. The Bertz CT molecular complexity index is 977. The van der Waals surface area contributed by atoms with Gasteiger partial charge in [-0.25, -0.2) is 9.78 Å². The Balaban J connectivity index is 1.32. The fourth-order valence-corrected chi connectivity index (χ4v) is 4.20. The number of nitrogens with zero attached hydrogens (tertiary/aromatic N) is 2. The average molecular weight is 427 g/mol. The Labute approximate surface area is 180 Å². The minimum absolute atomic E-state index is 0.0264. The number of fused-ring (bicyclic) bond motifs is 1. The summed E-state index contributed by atoms with van der Waals surface area (Å²) >= 11 is 1.52. The molecule has 4 rings (SSSR count). The molecule has 1 aliphatic rings. The number of ether oxygens (including phenoxy) is 3. The van der Waals surface area contributed by atoms with Gasteiger partial charge in [-0.3, -0.25) is 0 Å². The van der Waals surface area contributed by atoms with Crippen LogP contribution >= 0.6 is 11.3 Å². The second-order valence-electron chi connectivity index (χ2n) is 8.30. The number of rotatable bonds is 5. The van der Waals surface area contributed by atoms with Gasteiger partial charge in [-0.05, 0) is 70.0 Å². The van der Waals surface area contributed by atoms with Crippen molar-refractivity contribution >= 4 is 27.6 Å². The Morgan fingerprint density at radius 3 is 2.60 bits per heavy atom. The molecule has 1 saturated heterocycles. The summed E-state index contributed by atoms with van der Waals surface area (Å²) in [5.74, 6) is 1.44. The first-order valence-electron chi connectivity index (χ1n) is 10.1. The van der Waals surface area contributed by atoms with Gasteiger partial charge in [0, 0.05) is 6.54 Å². The summed E-state index contributed by atoms with van der Waals surface area (Å²) in [5, 5.41) is 0.615. The van der Waals surface area contributed by atoms with Gasteiger partial charge >= 0.3 is 6.09 Å². The zero-order valence-electron chi connectivity index (χ0n) is 17.5. The van der Waals surface area contributed by atoms with Gasteiger partial charge in [0.1, 0.15) is 23.7 Å². The molecular formula is C23H26N2O4S. The van der Waals surface area contributed by atoms with Crippen LogP contribution in [-0.2, 0) is 4.74 Å². The number of para-hydroxylation sites is 1. The van der Waals surface area contributed by atoms with Crippen molar-refractivity contribution in [2.75, 3.05) is 13.2 Å². The molecule has 1 aliphatic heterocycles. The summed E-state index contributed by atoms with van der Waals surface area (Å²) in [6, 6.07) is 15.4. The Kier molecular flexibility index (Phi) is 5.81. The zero-order valence-corrected chi connectivity index (χ0v) is 18.3. The third-order valence-corrected chi connectivity index (χ3v) is 5.67. The summed E-state index contributed by atoms with van der Waals surface area (Å²) in [6.07, 6.45) is 1.61. The van der Waals surface area contributed by atoms with Crippen molar-refractivity contribution in [2.45, 2.75) is 45.3 Å². The molecule has 1 aromatic heterocycles. The number of aromatic nitrogens is 1. The average Bonchev–Trinajstić information content (AvgIpc) is 3.32. The number of benzene rings is 2. The minimum Gasteiger partial charge on any atom is -0.491 e. The minimum atomic E-state index is -0.496. The molecule has 6 nitrogen and oxygen atoms in total. The second kappa shape index (κ2) is 8.52. The van der Waals surface area contributed by atoms with Crippen LogP contribution in [0, 0.1) is 0 Å². The van der Waals surface area contributed by atoms with Crippen LogP contribution in [0.3, 0.4) is 0 Å². The van der Waals surface area contributed by atoms with Gasteiger partial charge in [0.05, 0.1) is 16.3 Å². The Hall–Kier alpha value is -2.80. The Morgan fingerprint density at radius 1 is 1.13 bits per heavy atom. The molecule has 0 aliphatic carbocycles. The van der Waals surface area contributed by atoms with Gasteiger partial charge in [0.2, 0.25) is 0 Å². The van der Waals surface area contributed by atoms with Crippen molar-refractivity contribution in [3.8, 4) is 16.7 Å². The predicted molar refractivity (Wildman–Crippen MR) is 118 cm³/mol. The van der Waals surface area contributed by atoms with Crippen LogP contribution in [0.5, 0.6) is 16.7 Å². The summed E-state index contributed by atoms with van der Waals surface area (Å²) < 4.78 is 18.4. The topological polar surface area (TPSA) is 60.9 Å². The molecule has 1 unspecified atom stereocenters. The molecule has 2 aromatic carbocycles. The van der Waals surface area contributed by atoms with E-state index in [0.717, 1.165) is 28.8 Å². The van der Waals surface area contributed by atoms with Crippen molar-refractivity contribution in [3.63, 3.8) is 0 Å². The highest BCUT2D eigenvalue weighted by Gasteiger charge is 2.32. The van der Waals surface area contributed by atoms with Gasteiger partial charge < -0.3 is 19.1 Å². The van der Waals surface area contributed by atoms with Crippen LogP contribution in [0.4, 0.5) is 4.79 Å². The number of carbonyl (C=O) groups excluding carboxylic acids is 1. The maximum Gasteiger partial charge on any atom is 0.410 e. The second-order valence-corrected chi connectivity index (χ2v) is 9.29. The molecule has 0 bridgehead atoms. The van der Waals surface area contributed by atoms with E-state index in [9.17, 15) is 4.79 Å². The normalized spacial score (nSPS) is 16.6. The van der Waals surface area contributed by atoms with Gasteiger partial charge in [-0.1, -0.05) is 23.5 Å². The highest BCUT2D eigenvalue weighted by Crippen LogP contribution is 2.32. The number of hydrogen-bond donors (Lipinski definition) is 0. The van der Waals surface area contributed by atoms with E-state index < -0.39 is 5.60 Å². The first-order valence-corrected chi connectivity index (χ1v) is 10.9. The van der Waals surface area contributed by atoms with Crippen molar-refractivity contribution in [3.05, 3.63) is 48.5 Å². The van der Waals surface area contributed by atoms with Crippen molar-refractivity contribution in [1.82, 2.24) is 9.88 Å². The van der Waals surface area contributed by atoms with E-state index in [1.54, 1.807) is 4.90 Å². The van der Waals surface area contributed by atoms with E-state index >= 15 is 0 Å². The lowest BCUT2D eigenvalue weighted by molar-refractivity contribution is 0.0187. The Morgan fingerprint density at radius 2 is 1.87 bits per heavy atom. The number of thiazole rings is 1. The van der Waals surface area contributed by atoms with Crippen LogP contribution in [0.25, 0.3) is 10.2 Å². The third-order valence-electron chi connectivity index (χ3n) is 4.75. The lowest BCUT2D eigenvalue weighted by atomic mass is 10.2. The van der Waals surface area contributed by atoms with Crippen LogP contribution in [0.15, 0.2) is 48.5 Å². The number of hydrogen-bond acceptors (Lipinski definition) is 6. The maximum atomic E-state index is 12.4. The molecule has 3 aromatic rings. The molecule has 7 heteroatoms. The number of amides is 1. The van der Waals surface area contributed by atoms with Crippen molar-refractivity contribution < 1.29 is 19.0 Å². The molecule has 0 radical (unpaired) electrons. The van der Waals surface area contributed by atoms with Crippen LogP contribution in [0.2, 0.25) is 0 Å². The SMILES string of the molecule is CC(C)(C)OC(=O)N1CCCC1COc1ccc(Oc2nc3ccccc3s2)cc1. The summed E-state index contributed by atoms with van der Waals surface area (Å²) in [4.78, 5) is 18.7. The first kappa shape index (κ1) is 20.5. The fourth-order valence-electron chi connectivity index (χ4n) is 3.36. The molecule has 0 spiro atoms. The summed E-state index contributed by atoms with van der Waals surface area (Å²) in [5.41, 5.74) is 0.438. The molecule has 0 N–H and O–H groups in total. The molecule has 1 fully saturated rings.